The fraction of sp³-hybridized carbons (Fsp3) is 0.214. The molecule has 0 bridgehead atoms. The van der Waals surface area contributed by atoms with Crippen LogP contribution in [0.25, 0.3) is 0 Å². The van der Waals surface area contributed by atoms with Gasteiger partial charge in [0.2, 0.25) is 0 Å². The number of hydrogen-bond donors (Lipinski definition) is 1. The summed E-state index contributed by atoms with van der Waals surface area (Å²) < 4.78 is 0. The van der Waals surface area contributed by atoms with Gasteiger partial charge in [-0.1, -0.05) is 35.9 Å². The molecule has 0 aliphatic heterocycles. The van der Waals surface area contributed by atoms with Gasteiger partial charge in [0.05, 0.1) is 4.88 Å². The van der Waals surface area contributed by atoms with Crippen molar-refractivity contribution >= 4 is 40.6 Å². The highest BCUT2D eigenvalue weighted by Gasteiger charge is 2.05. The summed E-state index contributed by atoms with van der Waals surface area (Å²) in [7, 11) is 0. The van der Waals surface area contributed by atoms with E-state index in [-0.39, 0.29) is 5.91 Å². The fourth-order valence-corrected chi connectivity index (χ4v) is 3.31. The highest BCUT2D eigenvalue weighted by molar-refractivity contribution is 7.98. The van der Waals surface area contributed by atoms with Crippen LogP contribution >= 0.6 is 34.7 Å². The van der Waals surface area contributed by atoms with E-state index in [9.17, 15) is 4.79 Å². The highest BCUT2D eigenvalue weighted by Crippen LogP contribution is 2.20. The maximum Gasteiger partial charge on any atom is 0.261 e. The molecule has 0 atom stereocenters. The van der Waals surface area contributed by atoms with Crippen LogP contribution in [0.4, 0.5) is 0 Å². The summed E-state index contributed by atoms with van der Waals surface area (Å²) in [5.41, 5.74) is 1.14. The van der Waals surface area contributed by atoms with E-state index in [4.69, 9.17) is 11.6 Å². The Labute approximate surface area is 126 Å². The zero-order valence-corrected chi connectivity index (χ0v) is 12.7. The average molecular weight is 312 g/mol. The normalized spacial score (nSPS) is 10.4. The Morgan fingerprint density at radius 3 is 2.84 bits per heavy atom. The molecule has 19 heavy (non-hydrogen) atoms. The molecule has 1 heterocycles. The summed E-state index contributed by atoms with van der Waals surface area (Å²) in [6.07, 6.45) is 0. The second kappa shape index (κ2) is 7.58. The van der Waals surface area contributed by atoms with E-state index < -0.39 is 0 Å². The number of benzene rings is 1. The van der Waals surface area contributed by atoms with Gasteiger partial charge in [0.25, 0.3) is 5.91 Å². The minimum atomic E-state index is 0.00773. The first-order valence-corrected chi connectivity index (χ1v) is 8.31. The first kappa shape index (κ1) is 14.4. The maximum atomic E-state index is 11.7. The molecule has 1 amide bonds. The van der Waals surface area contributed by atoms with Gasteiger partial charge in [-0.3, -0.25) is 4.79 Å². The van der Waals surface area contributed by atoms with E-state index in [0.29, 0.717) is 6.54 Å². The first-order valence-electron chi connectivity index (χ1n) is 5.90. The molecule has 0 unspecified atom stereocenters. The Kier molecular flexibility index (Phi) is 5.76. The smallest absolute Gasteiger partial charge is 0.261 e. The van der Waals surface area contributed by atoms with Crippen LogP contribution in [0.5, 0.6) is 0 Å². The fourth-order valence-electron chi connectivity index (χ4n) is 1.53. The van der Waals surface area contributed by atoms with E-state index in [1.165, 1.54) is 11.3 Å². The minimum absolute atomic E-state index is 0.00773. The van der Waals surface area contributed by atoms with Crippen molar-refractivity contribution in [3.63, 3.8) is 0 Å². The molecule has 0 saturated carbocycles. The third kappa shape index (κ3) is 4.56. The van der Waals surface area contributed by atoms with Crippen LogP contribution in [0, 0.1) is 0 Å². The monoisotopic (exact) mass is 311 g/mol. The molecule has 0 fully saturated rings. The van der Waals surface area contributed by atoms with E-state index in [0.717, 1.165) is 27.0 Å². The standard InChI is InChI=1S/C14H14ClNOS2/c15-12-5-2-1-4-11(12)10-18-9-7-16-14(17)13-6-3-8-19-13/h1-6,8H,7,9-10H2,(H,16,17). The number of carbonyl (C=O) groups excluding carboxylic acids is 1. The van der Waals surface area contributed by atoms with Crippen molar-refractivity contribution in [2.24, 2.45) is 0 Å². The van der Waals surface area contributed by atoms with E-state index in [2.05, 4.69) is 5.32 Å². The molecule has 2 rings (SSSR count). The lowest BCUT2D eigenvalue weighted by Gasteiger charge is -2.05. The molecule has 100 valence electrons. The molecule has 1 aromatic heterocycles. The Morgan fingerprint density at radius 2 is 2.11 bits per heavy atom. The molecule has 5 heteroatoms. The van der Waals surface area contributed by atoms with Crippen LogP contribution in [0.3, 0.4) is 0 Å². The van der Waals surface area contributed by atoms with Crippen LogP contribution < -0.4 is 5.32 Å². The summed E-state index contributed by atoms with van der Waals surface area (Å²) in [4.78, 5) is 12.4. The van der Waals surface area contributed by atoms with Gasteiger partial charge in [0, 0.05) is 23.1 Å². The number of thioether (sulfide) groups is 1. The minimum Gasteiger partial charge on any atom is -0.351 e. The van der Waals surface area contributed by atoms with Gasteiger partial charge in [-0.15, -0.1) is 11.3 Å². The Hall–Kier alpha value is -0.970. The number of halogens is 1. The Balaban J connectivity index is 1.65. The molecular formula is C14H14ClNOS2. The van der Waals surface area contributed by atoms with Crippen LogP contribution in [-0.4, -0.2) is 18.2 Å². The van der Waals surface area contributed by atoms with E-state index in [1.807, 2.05) is 41.8 Å². The lowest BCUT2D eigenvalue weighted by atomic mass is 10.2. The molecule has 0 radical (unpaired) electrons. The van der Waals surface area contributed by atoms with Crippen molar-refractivity contribution in [2.45, 2.75) is 5.75 Å². The van der Waals surface area contributed by atoms with Gasteiger partial charge >= 0.3 is 0 Å². The number of nitrogens with one attached hydrogen (secondary N) is 1. The molecule has 1 N–H and O–H groups in total. The Morgan fingerprint density at radius 1 is 1.26 bits per heavy atom. The van der Waals surface area contributed by atoms with Gasteiger partial charge in [0.15, 0.2) is 0 Å². The maximum absolute atomic E-state index is 11.7. The molecular weight excluding hydrogens is 298 g/mol. The zero-order chi connectivity index (χ0) is 13.5. The van der Waals surface area contributed by atoms with E-state index >= 15 is 0 Å². The Bertz CT molecular complexity index is 528. The van der Waals surface area contributed by atoms with Gasteiger partial charge in [-0.05, 0) is 23.1 Å². The van der Waals surface area contributed by atoms with Gasteiger partial charge in [-0.25, -0.2) is 0 Å². The molecule has 0 aliphatic carbocycles. The van der Waals surface area contributed by atoms with Crippen molar-refractivity contribution in [3.8, 4) is 0 Å². The quantitative estimate of drug-likeness (QED) is 0.815. The number of thiophene rings is 1. The summed E-state index contributed by atoms with van der Waals surface area (Å²) in [6.45, 7) is 0.672. The van der Waals surface area contributed by atoms with Crippen molar-refractivity contribution in [1.82, 2.24) is 5.32 Å². The van der Waals surface area contributed by atoms with Crippen LogP contribution in [0.1, 0.15) is 15.2 Å². The predicted octanol–water partition coefficient (Wildman–Crippen LogP) is 4.06. The van der Waals surface area contributed by atoms with Gasteiger partial charge < -0.3 is 5.32 Å². The molecule has 0 saturated heterocycles. The number of amides is 1. The largest absolute Gasteiger partial charge is 0.351 e. The topological polar surface area (TPSA) is 29.1 Å². The summed E-state index contributed by atoms with van der Waals surface area (Å²) >= 11 is 9.29. The zero-order valence-electron chi connectivity index (χ0n) is 10.3. The SMILES string of the molecule is O=C(NCCSCc1ccccc1Cl)c1cccs1. The van der Waals surface area contributed by atoms with Crippen molar-refractivity contribution in [1.29, 1.82) is 0 Å². The van der Waals surface area contributed by atoms with Gasteiger partial charge in [-0.2, -0.15) is 11.8 Å². The van der Waals surface area contributed by atoms with Crippen LogP contribution in [0.15, 0.2) is 41.8 Å². The molecule has 2 aromatic rings. The first-order chi connectivity index (χ1) is 9.27. The second-order valence-corrected chi connectivity index (χ2v) is 6.34. The van der Waals surface area contributed by atoms with Crippen molar-refractivity contribution < 1.29 is 4.79 Å². The summed E-state index contributed by atoms with van der Waals surface area (Å²) in [5.74, 6) is 1.75. The lowest BCUT2D eigenvalue weighted by Crippen LogP contribution is -2.24. The number of carbonyl (C=O) groups is 1. The second-order valence-electron chi connectivity index (χ2n) is 3.88. The van der Waals surface area contributed by atoms with Crippen LogP contribution in [-0.2, 0) is 5.75 Å². The predicted molar refractivity (Wildman–Crippen MR) is 84.3 cm³/mol. The number of rotatable bonds is 6. The highest BCUT2D eigenvalue weighted by atomic mass is 35.5. The number of hydrogen-bond acceptors (Lipinski definition) is 3. The molecule has 0 spiro atoms. The molecule has 1 aromatic carbocycles. The molecule has 2 nitrogen and oxygen atoms in total. The average Bonchev–Trinajstić information content (AvgIpc) is 2.94. The van der Waals surface area contributed by atoms with Crippen molar-refractivity contribution in [2.75, 3.05) is 12.3 Å². The summed E-state index contributed by atoms with van der Waals surface area (Å²) in [5, 5.41) is 5.61. The van der Waals surface area contributed by atoms with Crippen molar-refractivity contribution in [3.05, 3.63) is 57.2 Å². The lowest BCUT2D eigenvalue weighted by molar-refractivity contribution is 0.0960. The van der Waals surface area contributed by atoms with Gasteiger partial charge in [0.1, 0.15) is 0 Å². The van der Waals surface area contributed by atoms with E-state index in [1.54, 1.807) is 11.8 Å². The van der Waals surface area contributed by atoms with Crippen LogP contribution in [0.2, 0.25) is 5.02 Å². The third-order valence-corrected chi connectivity index (χ3v) is 4.74. The third-order valence-electron chi connectivity index (χ3n) is 2.49. The summed E-state index contributed by atoms with van der Waals surface area (Å²) in [6, 6.07) is 11.6. The molecule has 0 aliphatic rings.